The summed E-state index contributed by atoms with van der Waals surface area (Å²) in [5.74, 6) is -0.525. The highest BCUT2D eigenvalue weighted by Gasteiger charge is 2.29. The Kier molecular flexibility index (Phi) is 6.96. The summed E-state index contributed by atoms with van der Waals surface area (Å²) in [4.78, 5) is 40.1. The van der Waals surface area contributed by atoms with Crippen molar-refractivity contribution in [3.63, 3.8) is 0 Å². The Morgan fingerprint density at radius 3 is 2.39 bits per heavy atom. The highest BCUT2D eigenvalue weighted by atomic mass is 35.5. The first-order chi connectivity index (χ1) is 17.5. The topological polar surface area (TPSA) is 64.9 Å². The average molecular weight is 534 g/mol. The summed E-state index contributed by atoms with van der Waals surface area (Å²) in [5, 5.41) is 1.07. The van der Waals surface area contributed by atoms with Crippen LogP contribution >= 0.6 is 34.7 Å². The highest BCUT2D eigenvalue weighted by molar-refractivity contribution is 8.02. The maximum Gasteiger partial charge on any atom is 0.341 e. The highest BCUT2D eigenvalue weighted by Crippen LogP contribution is 2.44. The average Bonchev–Trinajstić information content (AvgIpc) is 3.44. The summed E-state index contributed by atoms with van der Waals surface area (Å²) in [6, 6.07) is 21.3. The number of hydrogen-bond donors (Lipinski definition) is 0. The van der Waals surface area contributed by atoms with Crippen LogP contribution in [0.2, 0.25) is 5.02 Å². The van der Waals surface area contributed by atoms with Gasteiger partial charge in [0.1, 0.15) is 0 Å². The summed E-state index contributed by atoms with van der Waals surface area (Å²) in [6.07, 6.45) is 1.85. The molecule has 5 nitrogen and oxygen atoms in total. The van der Waals surface area contributed by atoms with E-state index in [-0.39, 0.29) is 23.9 Å². The van der Waals surface area contributed by atoms with Crippen molar-refractivity contribution in [1.82, 2.24) is 4.40 Å². The number of carbonyl (C=O) groups excluding carboxylic acids is 3. The van der Waals surface area contributed by atoms with Gasteiger partial charge in [0.2, 0.25) is 5.78 Å². The second-order valence-corrected chi connectivity index (χ2v) is 10.6. The molecule has 5 aromatic rings. The van der Waals surface area contributed by atoms with Gasteiger partial charge in [-0.15, -0.1) is 23.1 Å². The minimum absolute atomic E-state index is 0.0146. The number of esters is 1. The van der Waals surface area contributed by atoms with E-state index in [2.05, 4.69) is 0 Å². The molecule has 0 aliphatic rings. The number of halogens is 1. The van der Waals surface area contributed by atoms with Crippen molar-refractivity contribution in [2.24, 2.45) is 0 Å². The summed E-state index contributed by atoms with van der Waals surface area (Å²) < 4.78 is 8.06. The Labute approximate surface area is 220 Å². The van der Waals surface area contributed by atoms with Gasteiger partial charge >= 0.3 is 5.97 Å². The first kappa shape index (κ1) is 24.3. The summed E-state index contributed by atoms with van der Waals surface area (Å²) in [6.45, 7) is 1.96. The van der Waals surface area contributed by atoms with Crippen molar-refractivity contribution >= 4 is 68.7 Å². The van der Waals surface area contributed by atoms with Gasteiger partial charge in [-0.2, -0.15) is 0 Å². The SMILES string of the molecule is CCOC(=O)c1c2c(C(=O)c3ccc(Cl)cc3)sc(SCC(=O)c3ccccc3)c2n2ccccc12. The molecule has 2 aromatic carbocycles. The minimum Gasteiger partial charge on any atom is -0.462 e. The van der Waals surface area contributed by atoms with Crippen LogP contribution in [0.4, 0.5) is 0 Å². The van der Waals surface area contributed by atoms with Gasteiger partial charge in [-0.3, -0.25) is 9.59 Å². The quantitative estimate of drug-likeness (QED) is 0.120. The standard InChI is InChI=1S/C28H20ClNO4S2/c1-2-34-27(33)22-20-10-6-7-15-30(20)24-23(22)26(25(32)18-11-13-19(29)14-12-18)36-28(24)35-16-21(31)17-8-4-3-5-9-17/h3-15H,2,16H2,1H3. The lowest BCUT2D eigenvalue weighted by Gasteiger charge is -2.04. The van der Waals surface area contributed by atoms with Crippen molar-refractivity contribution < 1.29 is 19.1 Å². The largest absolute Gasteiger partial charge is 0.462 e. The molecule has 0 aliphatic heterocycles. The molecular weight excluding hydrogens is 514 g/mol. The number of pyridine rings is 1. The molecule has 0 amide bonds. The minimum atomic E-state index is -0.490. The third-order valence-electron chi connectivity index (χ3n) is 5.68. The van der Waals surface area contributed by atoms with E-state index < -0.39 is 5.97 Å². The van der Waals surface area contributed by atoms with Crippen molar-refractivity contribution in [3.8, 4) is 0 Å². The van der Waals surface area contributed by atoms with Crippen molar-refractivity contribution in [2.45, 2.75) is 11.1 Å². The lowest BCUT2D eigenvalue weighted by Crippen LogP contribution is -2.06. The van der Waals surface area contributed by atoms with Crippen molar-refractivity contribution in [2.75, 3.05) is 12.4 Å². The molecule has 180 valence electrons. The van der Waals surface area contributed by atoms with Gasteiger partial charge in [-0.25, -0.2) is 4.79 Å². The van der Waals surface area contributed by atoms with Gasteiger partial charge in [-0.05, 0) is 43.3 Å². The number of rotatable bonds is 8. The summed E-state index contributed by atoms with van der Waals surface area (Å²) in [5.41, 5.74) is 2.81. The number of carbonyl (C=O) groups is 3. The first-order valence-corrected chi connectivity index (χ1v) is 13.4. The zero-order chi connectivity index (χ0) is 25.2. The predicted octanol–water partition coefficient (Wildman–Crippen LogP) is 7.19. The maximum atomic E-state index is 13.7. The summed E-state index contributed by atoms with van der Waals surface area (Å²) in [7, 11) is 0. The number of thioether (sulfide) groups is 1. The van der Waals surface area contributed by atoms with E-state index in [4.69, 9.17) is 16.3 Å². The fourth-order valence-corrected chi connectivity index (χ4v) is 6.61. The predicted molar refractivity (Wildman–Crippen MR) is 145 cm³/mol. The number of benzene rings is 2. The number of Topliss-reactive ketones (excluding diaryl/α,β-unsaturated/α-hetero) is 1. The molecule has 0 fully saturated rings. The van der Waals surface area contributed by atoms with Crippen LogP contribution in [0.3, 0.4) is 0 Å². The Morgan fingerprint density at radius 1 is 0.944 bits per heavy atom. The molecule has 8 heteroatoms. The lowest BCUT2D eigenvalue weighted by atomic mass is 10.1. The van der Waals surface area contributed by atoms with Crippen LogP contribution in [-0.2, 0) is 4.74 Å². The van der Waals surface area contributed by atoms with Crippen molar-refractivity contribution in [3.05, 3.63) is 106 Å². The number of aromatic nitrogens is 1. The molecule has 0 unspecified atom stereocenters. The van der Waals surface area contributed by atoms with Crippen LogP contribution in [0.1, 0.15) is 42.9 Å². The normalized spacial score (nSPS) is 11.2. The Balaban J connectivity index is 1.68. The number of thiophene rings is 1. The molecule has 5 rings (SSSR count). The van der Waals surface area contributed by atoms with Crippen LogP contribution in [-0.4, -0.2) is 34.3 Å². The molecule has 0 saturated heterocycles. The molecular formula is C28H20ClNO4S2. The van der Waals surface area contributed by atoms with Gasteiger partial charge in [0.05, 0.1) is 38.0 Å². The van der Waals surface area contributed by atoms with E-state index in [1.54, 1.807) is 43.3 Å². The van der Waals surface area contributed by atoms with E-state index in [0.29, 0.717) is 37.5 Å². The third kappa shape index (κ3) is 4.46. The second-order valence-electron chi connectivity index (χ2n) is 7.91. The Morgan fingerprint density at radius 2 is 1.67 bits per heavy atom. The smallest absolute Gasteiger partial charge is 0.341 e. The fourth-order valence-electron chi connectivity index (χ4n) is 4.06. The number of ketones is 2. The van der Waals surface area contributed by atoms with E-state index >= 15 is 0 Å². The van der Waals surface area contributed by atoms with Gasteiger partial charge < -0.3 is 9.14 Å². The molecule has 0 aliphatic carbocycles. The van der Waals surface area contributed by atoms with Crippen LogP contribution in [0.25, 0.3) is 16.4 Å². The molecule has 3 aromatic heterocycles. The molecule has 0 bridgehead atoms. The molecule has 36 heavy (non-hydrogen) atoms. The fraction of sp³-hybridized carbons (Fsp3) is 0.107. The van der Waals surface area contributed by atoms with Gasteiger partial charge in [-0.1, -0.05) is 48.0 Å². The van der Waals surface area contributed by atoms with E-state index in [1.807, 2.05) is 47.0 Å². The molecule has 0 spiro atoms. The number of nitrogens with zero attached hydrogens (tertiary/aromatic N) is 1. The second kappa shape index (κ2) is 10.3. The van der Waals surface area contributed by atoms with Gasteiger partial charge in [0.25, 0.3) is 0 Å². The summed E-state index contributed by atoms with van der Waals surface area (Å²) >= 11 is 8.68. The van der Waals surface area contributed by atoms with Crippen LogP contribution in [0.5, 0.6) is 0 Å². The molecule has 0 saturated carbocycles. The van der Waals surface area contributed by atoms with Gasteiger partial charge in [0.15, 0.2) is 5.78 Å². The van der Waals surface area contributed by atoms with E-state index in [9.17, 15) is 14.4 Å². The number of hydrogen-bond acceptors (Lipinski definition) is 6. The van der Waals surface area contributed by atoms with Crippen LogP contribution in [0.15, 0.2) is 83.2 Å². The van der Waals surface area contributed by atoms with E-state index in [0.717, 1.165) is 9.73 Å². The molecule has 0 atom stereocenters. The monoisotopic (exact) mass is 533 g/mol. The number of fused-ring (bicyclic) bond motifs is 3. The third-order valence-corrected chi connectivity index (χ3v) is 8.37. The Hall–Kier alpha value is -3.39. The first-order valence-electron chi connectivity index (χ1n) is 11.2. The Bertz CT molecular complexity index is 1600. The molecule has 3 heterocycles. The number of ether oxygens (including phenoxy) is 1. The van der Waals surface area contributed by atoms with Crippen LogP contribution < -0.4 is 0 Å². The molecule has 0 radical (unpaired) electrons. The maximum absolute atomic E-state index is 13.7. The van der Waals surface area contributed by atoms with Crippen molar-refractivity contribution in [1.29, 1.82) is 0 Å². The van der Waals surface area contributed by atoms with Crippen LogP contribution in [0, 0.1) is 0 Å². The lowest BCUT2D eigenvalue weighted by molar-refractivity contribution is 0.0530. The zero-order valence-electron chi connectivity index (χ0n) is 19.2. The van der Waals surface area contributed by atoms with E-state index in [1.165, 1.54) is 23.1 Å². The molecule has 0 N–H and O–H groups in total. The van der Waals surface area contributed by atoms with Gasteiger partial charge in [0, 0.05) is 27.7 Å². The zero-order valence-corrected chi connectivity index (χ0v) is 21.6.